The molecule has 0 bridgehead atoms. The first-order valence-corrected chi connectivity index (χ1v) is 7.83. The summed E-state index contributed by atoms with van der Waals surface area (Å²) in [4.78, 5) is 16.5. The fourth-order valence-electron chi connectivity index (χ4n) is 2.70. The number of nitrogens with one attached hydrogen (secondary N) is 1. The molecule has 5 nitrogen and oxygen atoms in total. The molecule has 0 aliphatic heterocycles. The molecule has 2 aromatic rings. The Labute approximate surface area is 135 Å². The average Bonchev–Trinajstić information content (AvgIpc) is 3.09. The highest BCUT2D eigenvalue weighted by Gasteiger charge is 2.20. The van der Waals surface area contributed by atoms with E-state index in [1.807, 2.05) is 30.3 Å². The summed E-state index contributed by atoms with van der Waals surface area (Å²) in [7, 11) is 1.57. The van der Waals surface area contributed by atoms with Gasteiger partial charge in [-0.05, 0) is 37.8 Å². The van der Waals surface area contributed by atoms with Crippen LogP contribution in [0.3, 0.4) is 0 Å². The predicted molar refractivity (Wildman–Crippen MR) is 88.1 cm³/mol. The van der Waals surface area contributed by atoms with Crippen molar-refractivity contribution in [3.05, 3.63) is 48.3 Å². The molecule has 1 aliphatic rings. The third-order valence-corrected chi connectivity index (χ3v) is 3.91. The van der Waals surface area contributed by atoms with Gasteiger partial charge in [0.15, 0.2) is 11.5 Å². The molecule has 1 aromatic heterocycles. The summed E-state index contributed by atoms with van der Waals surface area (Å²) in [5.74, 6) is 0.857. The normalized spacial score (nSPS) is 14.5. The lowest BCUT2D eigenvalue weighted by molar-refractivity contribution is 0.102. The van der Waals surface area contributed by atoms with E-state index in [4.69, 9.17) is 9.47 Å². The molecule has 1 aromatic carbocycles. The van der Waals surface area contributed by atoms with Crippen molar-refractivity contribution in [2.75, 3.05) is 12.4 Å². The minimum Gasteiger partial charge on any atom is -0.491 e. The Morgan fingerprint density at radius 2 is 1.91 bits per heavy atom. The summed E-state index contributed by atoms with van der Waals surface area (Å²) in [6.45, 7) is 0. The van der Waals surface area contributed by atoms with Crippen LogP contribution in [0.25, 0.3) is 0 Å². The molecule has 0 spiro atoms. The molecular weight excluding hydrogens is 292 g/mol. The largest absolute Gasteiger partial charge is 0.491 e. The topological polar surface area (TPSA) is 60.5 Å². The quantitative estimate of drug-likeness (QED) is 0.915. The number of aromatic nitrogens is 1. The van der Waals surface area contributed by atoms with Gasteiger partial charge in [-0.1, -0.05) is 18.2 Å². The average molecular weight is 312 g/mol. The highest BCUT2D eigenvalue weighted by atomic mass is 16.5. The number of amides is 1. The Kier molecular flexibility index (Phi) is 4.76. The van der Waals surface area contributed by atoms with E-state index >= 15 is 0 Å². The first-order chi connectivity index (χ1) is 11.3. The Morgan fingerprint density at radius 1 is 1.17 bits per heavy atom. The van der Waals surface area contributed by atoms with E-state index in [2.05, 4.69) is 10.3 Å². The van der Waals surface area contributed by atoms with Crippen LogP contribution < -0.4 is 14.8 Å². The van der Waals surface area contributed by atoms with Gasteiger partial charge in [-0.2, -0.15) is 0 Å². The highest BCUT2D eigenvalue weighted by Crippen LogP contribution is 2.31. The van der Waals surface area contributed by atoms with E-state index in [-0.39, 0.29) is 12.0 Å². The van der Waals surface area contributed by atoms with Gasteiger partial charge in [0.25, 0.3) is 5.91 Å². The van der Waals surface area contributed by atoms with Gasteiger partial charge >= 0.3 is 0 Å². The number of ether oxygens (including phenoxy) is 2. The Balaban J connectivity index is 1.77. The number of hydrogen-bond donors (Lipinski definition) is 1. The number of hydrogen-bond acceptors (Lipinski definition) is 4. The fraction of sp³-hybridized carbons (Fsp3) is 0.333. The van der Waals surface area contributed by atoms with Crippen LogP contribution in [0, 0.1) is 0 Å². The van der Waals surface area contributed by atoms with Crippen molar-refractivity contribution in [3.63, 3.8) is 0 Å². The van der Waals surface area contributed by atoms with Gasteiger partial charge in [0.1, 0.15) is 5.69 Å². The van der Waals surface area contributed by atoms with Crippen molar-refractivity contribution in [3.8, 4) is 11.5 Å². The van der Waals surface area contributed by atoms with Crippen LogP contribution in [0.4, 0.5) is 5.69 Å². The second-order valence-electron chi connectivity index (χ2n) is 5.56. The third-order valence-electron chi connectivity index (χ3n) is 3.91. The molecule has 1 heterocycles. The molecule has 1 N–H and O–H groups in total. The highest BCUT2D eigenvalue weighted by molar-refractivity contribution is 6.03. The number of benzene rings is 1. The van der Waals surface area contributed by atoms with Crippen LogP contribution in [0.1, 0.15) is 36.2 Å². The van der Waals surface area contributed by atoms with Crippen LogP contribution >= 0.6 is 0 Å². The van der Waals surface area contributed by atoms with Crippen LogP contribution in [0.2, 0.25) is 0 Å². The van der Waals surface area contributed by atoms with Gasteiger partial charge in [-0.3, -0.25) is 4.79 Å². The molecule has 0 unspecified atom stereocenters. The van der Waals surface area contributed by atoms with Crippen LogP contribution in [0.5, 0.6) is 11.5 Å². The zero-order valence-corrected chi connectivity index (χ0v) is 13.1. The maximum absolute atomic E-state index is 12.3. The lowest BCUT2D eigenvalue weighted by Gasteiger charge is -2.16. The van der Waals surface area contributed by atoms with Crippen molar-refractivity contribution < 1.29 is 14.3 Å². The molecule has 120 valence electrons. The molecule has 1 amide bonds. The summed E-state index contributed by atoms with van der Waals surface area (Å²) in [5, 5.41) is 2.82. The number of nitrogens with zero attached hydrogens (tertiary/aromatic N) is 1. The molecule has 1 fully saturated rings. The minimum atomic E-state index is -0.268. The standard InChI is InChI=1S/C18H20N2O3/c1-22-17-12-19-15(11-16(17)23-14-9-5-6-10-14)18(21)20-13-7-3-2-4-8-13/h2-4,7-8,11-12,14H,5-6,9-10H2,1H3,(H,20,21). The second kappa shape index (κ2) is 7.13. The number of carbonyl (C=O) groups excluding carboxylic acids is 1. The van der Waals surface area contributed by atoms with Crippen LogP contribution in [-0.2, 0) is 0 Å². The monoisotopic (exact) mass is 312 g/mol. The van der Waals surface area contributed by atoms with Gasteiger partial charge in [0.05, 0.1) is 19.4 Å². The van der Waals surface area contributed by atoms with Gasteiger partial charge in [0.2, 0.25) is 0 Å². The molecule has 3 rings (SSSR count). The van der Waals surface area contributed by atoms with Crippen LogP contribution in [0.15, 0.2) is 42.6 Å². The maximum Gasteiger partial charge on any atom is 0.274 e. The number of methoxy groups -OCH3 is 1. The second-order valence-corrected chi connectivity index (χ2v) is 5.56. The van der Waals surface area contributed by atoms with Gasteiger partial charge in [-0.15, -0.1) is 0 Å². The first kappa shape index (κ1) is 15.3. The summed E-state index contributed by atoms with van der Waals surface area (Å²) in [6.07, 6.45) is 6.16. The number of rotatable bonds is 5. The summed E-state index contributed by atoms with van der Waals surface area (Å²) in [6, 6.07) is 10.9. The molecule has 5 heteroatoms. The van der Waals surface area contributed by atoms with Crippen molar-refractivity contribution in [1.29, 1.82) is 0 Å². The molecule has 0 radical (unpaired) electrons. The number of carbonyl (C=O) groups is 1. The SMILES string of the molecule is COc1cnc(C(=O)Nc2ccccc2)cc1OC1CCCC1. The zero-order chi connectivity index (χ0) is 16.1. The lowest BCUT2D eigenvalue weighted by atomic mass is 10.2. The van der Waals surface area contributed by atoms with Gasteiger partial charge in [0, 0.05) is 11.8 Å². The smallest absolute Gasteiger partial charge is 0.274 e. The molecule has 1 saturated carbocycles. The number of anilines is 1. The summed E-state index contributed by atoms with van der Waals surface area (Å²) < 4.78 is 11.3. The van der Waals surface area contributed by atoms with Gasteiger partial charge in [-0.25, -0.2) is 4.98 Å². The van der Waals surface area contributed by atoms with E-state index in [0.29, 0.717) is 17.2 Å². The van der Waals surface area contributed by atoms with E-state index in [1.165, 1.54) is 19.0 Å². The number of pyridine rings is 1. The first-order valence-electron chi connectivity index (χ1n) is 7.83. The minimum absolute atomic E-state index is 0.191. The zero-order valence-electron chi connectivity index (χ0n) is 13.1. The van der Waals surface area contributed by atoms with Gasteiger partial charge < -0.3 is 14.8 Å². The molecule has 23 heavy (non-hydrogen) atoms. The van der Waals surface area contributed by atoms with Crippen molar-refractivity contribution >= 4 is 11.6 Å². The number of para-hydroxylation sites is 1. The Hall–Kier alpha value is -2.56. The van der Waals surface area contributed by atoms with E-state index in [0.717, 1.165) is 18.5 Å². The molecular formula is C18H20N2O3. The lowest BCUT2D eigenvalue weighted by Crippen LogP contribution is -2.16. The van der Waals surface area contributed by atoms with Crippen molar-refractivity contribution in [2.45, 2.75) is 31.8 Å². The van der Waals surface area contributed by atoms with Crippen molar-refractivity contribution in [2.24, 2.45) is 0 Å². The van der Waals surface area contributed by atoms with Crippen molar-refractivity contribution in [1.82, 2.24) is 4.98 Å². The molecule has 0 atom stereocenters. The van der Waals surface area contributed by atoms with E-state index in [1.54, 1.807) is 13.2 Å². The third kappa shape index (κ3) is 3.80. The fourth-order valence-corrected chi connectivity index (χ4v) is 2.70. The predicted octanol–water partition coefficient (Wildman–Crippen LogP) is 3.66. The summed E-state index contributed by atoms with van der Waals surface area (Å²) in [5.41, 5.74) is 1.04. The van der Waals surface area contributed by atoms with Crippen LogP contribution in [-0.4, -0.2) is 24.1 Å². The van der Waals surface area contributed by atoms with E-state index < -0.39 is 0 Å². The Morgan fingerprint density at radius 3 is 2.61 bits per heavy atom. The Bertz CT molecular complexity index is 667. The molecule has 0 saturated heterocycles. The summed E-state index contributed by atoms with van der Waals surface area (Å²) >= 11 is 0. The maximum atomic E-state index is 12.3. The van der Waals surface area contributed by atoms with E-state index in [9.17, 15) is 4.79 Å². The molecule has 1 aliphatic carbocycles.